The smallest absolute Gasteiger partial charge is 0.321 e. The first-order valence-corrected chi connectivity index (χ1v) is 6.83. The van der Waals surface area contributed by atoms with Gasteiger partial charge in [0, 0.05) is 25.2 Å². The van der Waals surface area contributed by atoms with E-state index in [1.165, 1.54) is 5.56 Å². The molecule has 2 amide bonds. The summed E-state index contributed by atoms with van der Waals surface area (Å²) < 4.78 is 0. The SMILES string of the molecule is Cc1ccc(NC(=O)N(C)CC2CCCC2O)cc1. The lowest BCUT2D eigenvalue weighted by molar-refractivity contribution is 0.116. The lowest BCUT2D eigenvalue weighted by Crippen LogP contribution is -2.37. The number of aliphatic hydroxyl groups excluding tert-OH is 1. The first kappa shape index (κ1) is 13.9. The molecule has 104 valence electrons. The van der Waals surface area contributed by atoms with Crippen LogP contribution in [-0.4, -0.2) is 35.7 Å². The van der Waals surface area contributed by atoms with Crippen LogP contribution in [0.3, 0.4) is 0 Å². The number of benzene rings is 1. The summed E-state index contributed by atoms with van der Waals surface area (Å²) in [6, 6.07) is 7.60. The lowest BCUT2D eigenvalue weighted by Gasteiger charge is -2.23. The number of carbonyl (C=O) groups is 1. The van der Waals surface area contributed by atoms with Crippen molar-refractivity contribution in [2.75, 3.05) is 18.9 Å². The predicted molar refractivity (Wildman–Crippen MR) is 76.2 cm³/mol. The summed E-state index contributed by atoms with van der Waals surface area (Å²) in [6.45, 7) is 2.62. The molecule has 1 aliphatic carbocycles. The molecule has 1 fully saturated rings. The summed E-state index contributed by atoms with van der Waals surface area (Å²) in [6.07, 6.45) is 2.66. The second-order valence-electron chi connectivity index (χ2n) is 5.44. The Morgan fingerprint density at radius 2 is 2.05 bits per heavy atom. The number of nitrogens with zero attached hydrogens (tertiary/aromatic N) is 1. The molecule has 2 N–H and O–H groups in total. The summed E-state index contributed by atoms with van der Waals surface area (Å²) in [5.74, 6) is 0.216. The molecule has 0 bridgehead atoms. The number of carbonyl (C=O) groups excluding carboxylic acids is 1. The van der Waals surface area contributed by atoms with Gasteiger partial charge in [0.2, 0.25) is 0 Å². The first-order valence-electron chi connectivity index (χ1n) is 6.83. The summed E-state index contributed by atoms with van der Waals surface area (Å²) in [7, 11) is 1.77. The van der Waals surface area contributed by atoms with Crippen LogP contribution in [0.25, 0.3) is 0 Å². The van der Waals surface area contributed by atoms with E-state index in [-0.39, 0.29) is 18.1 Å². The Balaban J connectivity index is 1.86. The molecule has 0 saturated heterocycles. The molecule has 1 aromatic carbocycles. The fourth-order valence-electron chi connectivity index (χ4n) is 2.52. The Morgan fingerprint density at radius 1 is 1.37 bits per heavy atom. The predicted octanol–water partition coefficient (Wildman–Crippen LogP) is 2.62. The highest BCUT2D eigenvalue weighted by Gasteiger charge is 2.27. The number of urea groups is 1. The van der Waals surface area contributed by atoms with Gasteiger partial charge in [0.05, 0.1) is 6.10 Å². The van der Waals surface area contributed by atoms with Crippen LogP contribution in [0.2, 0.25) is 0 Å². The van der Waals surface area contributed by atoms with Crippen LogP contribution in [0.4, 0.5) is 10.5 Å². The van der Waals surface area contributed by atoms with Crippen molar-refractivity contribution in [1.82, 2.24) is 4.90 Å². The largest absolute Gasteiger partial charge is 0.393 e. The van der Waals surface area contributed by atoms with Crippen molar-refractivity contribution in [3.63, 3.8) is 0 Å². The molecular weight excluding hydrogens is 240 g/mol. The molecule has 1 saturated carbocycles. The number of nitrogens with one attached hydrogen (secondary N) is 1. The lowest BCUT2D eigenvalue weighted by atomic mass is 10.1. The van der Waals surface area contributed by atoms with Gasteiger partial charge < -0.3 is 15.3 Å². The van der Waals surface area contributed by atoms with Crippen molar-refractivity contribution < 1.29 is 9.90 Å². The molecule has 0 heterocycles. The third-order valence-electron chi connectivity index (χ3n) is 3.78. The number of aliphatic hydroxyl groups is 1. The Morgan fingerprint density at radius 3 is 2.63 bits per heavy atom. The number of rotatable bonds is 3. The van der Waals surface area contributed by atoms with E-state index in [1.54, 1.807) is 11.9 Å². The van der Waals surface area contributed by atoms with Gasteiger partial charge in [-0.25, -0.2) is 4.79 Å². The summed E-state index contributed by atoms with van der Waals surface area (Å²) in [4.78, 5) is 13.7. The van der Waals surface area contributed by atoms with E-state index >= 15 is 0 Å². The summed E-state index contributed by atoms with van der Waals surface area (Å²) >= 11 is 0. The second-order valence-corrected chi connectivity index (χ2v) is 5.44. The second kappa shape index (κ2) is 6.06. The highest BCUT2D eigenvalue weighted by atomic mass is 16.3. The number of hydrogen-bond donors (Lipinski definition) is 2. The molecule has 4 nitrogen and oxygen atoms in total. The van der Waals surface area contributed by atoms with Crippen molar-refractivity contribution >= 4 is 11.7 Å². The van der Waals surface area contributed by atoms with E-state index in [4.69, 9.17) is 0 Å². The fourth-order valence-corrected chi connectivity index (χ4v) is 2.52. The van der Waals surface area contributed by atoms with Crippen molar-refractivity contribution in [2.24, 2.45) is 5.92 Å². The molecule has 4 heteroatoms. The number of hydrogen-bond acceptors (Lipinski definition) is 2. The molecule has 2 atom stereocenters. The standard InChI is InChI=1S/C15H22N2O2/c1-11-6-8-13(9-7-11)16-15(19)17(2)10-12-4-3-5-14(12)18/h6-9,12,14,18H,3-5,10H2,1-2H3,(H,16,19). The van der Waals surface area contributed by atoms with E-state index < -0.39 is 0 Å². The van der Waals surface area contributed by atoms with Crippen molar-refractivity contribution in [2.45, 2.75) is 32.3 Å². The molecule has 0 radical (unpaired) electrons. The maximum Gasteiger partial charge on any atom is 0.321 e. The molecule has 19 heavy (non-hydrogen) atoms. The maximum atomic E-state index is 12.0. The molecule has 1 aromatic rings. The minimum atomic E-state index is -0.255. The molecular formula is C15H22N2O2. The zero-order valence-corrected chi connectivity index (χ0v) is 11.6. The van der Waals surface area contributed by atoms with E-state index in [0.29, 0.717) is 6.54 Å². The summed E-state index contributed by atoms with van der Waals surface area (Å²) in [5.41, 5.74) is 1.97. The van der Waals surface area contributed by atoms with Gasteiger partial charge >= 0.3 is 6.03 Å². The molecule has 0 aromatic heterocycles. The van der Waals surface area contributed by atoms with E-state index in [1.807, 2.05) is 31.2 Å². The number of amides is 2. The van der Waals surface area contributed by atoms with Crippen LogP contribution < -0.4 is 5.32 Å². The molecule has 2 unspecified atom stereocenters. The Labute approximate surface area is 114 Å². The van der Waals surface area contributed by atoms with Gasteiger partial charge in [-0.3, -0.25) is 0 Å². The zero-order valence-electron chi connectivity index (χ0n) is 11.6. The van der Waals surface area contributed by atoms with E-state index in [9.17, 15) is 9.90 Å². The van der Waals surface area contributed by atoms with E-state index in [0.717, 1.165) is 24.9 Å². The van der Waals surface area contributed by atoms with Crippen LogP contribution in [0.5, 0.6) is 0 Å². The van der Waals surface area contributed by atoms with Crippen LogP contribution in [0.15, 0.2) is 24.3 Å². The van der Waals surface area contributed by atoms with Crippen LogP contribution in [0.1, 0.15) is 24.8 Å². The average Bonchev–Trinajstić information content (AvgIpc) is 2.78. The average molecular weight is 262 g/mol. The Bertz CT molecular complexity index is 430. The minimum absolute atomic E-state index is 0.122. The van der Waals surface area contributed by atoms with Gasteiger partial charge in [-0.1, -0.05) is 24.1 Å². The van der Waals surface area contributed by atoms with Gasteiger partial charge in [0.25, 0.3) is 0 Å². The van der Waals surface area contributed by atoms with Crippen LogP contribution in [0, 0.1) is 12.8 Å². The van der Waals surface area contributed by atoms with Gasteiger partial charge in [0.1, 0.15) is 0 Å². The number of aryl methyl sites for hydroxylation is 1. The Kier molecular flexibility index (Phi) is 4.43. The van der Waals surface area contributed by atoms with Crippen molar-refractivity contribution in [3.8, 4) is 0 Å². The van der Waals surface area contributed by atoms with Crippen molar-refractivity contribution in [3.05, 3.63) is 29.8 Å². The molecule has 0 aliphatic heterocycles. The van der Waals surface area contributed by atoms with Gasteiger partial charge in [-0.15, -0.1) is 0 Å². The monoisotopic (exact) mass is 262 g/mol. The minimum Gasteiger partial charge on any atom is -0.393 e. The Hall–Kier alpha value is -1.55. The zero-order chi connectivity index (χ0) is 13.8. The molecule has 1 aliphatic rings. The third kappa shape index (κ3) is 3.70. The first-order chi connectivity index (χ1) is 9.06. The normalized spacial score (nSPS) is 22.3. The van der Waals surface area contributed by atoms with Crippen LogP contribution in [-0.2, 0) is 0 Å². The number of anilines is 1. The van der Waals surface area contributed by atoms with Crippen LogP contribution >= 0.6 is 0 Å². The highest BCUT2D eigenvalue weighted by Crippen LogP contribution is 2.26. The fraction of sp³-hybridized carbons (Fsp3) is 0.533. The molecule has 2 rings (SSSR count). The topological polar surface area (TPSA) is 52.6 Å². The van der Waals surface area contributed by atoms with Crippen molar-refractivity contribution in [1.29, 1.82) is 0 Å². The summed E-state index contributed by atoms with van der Waals surface area (Å²) in [5, 5.41) is 12.6. The van der Waals surface area contributed by atoms with E-state index in [2.05, 4.69) is 5.32 Å². The maximum absolute atomic E-state index is 12.0. The van der Waals surface area contributed by atoms with Gasteiger partial charge in [-0.2, -0.15) is 0 Å². The van der Waals surface area contributed by atoms with Gasteiger partial charge in [-0.05, 0) is 31.9 Å². The quantitative estimate of drug-likeness (QED) is 0.879. The highest BCUT2D eigenvalue weighted by molar-refractivity contribution is 5.89. The van der Waals surface area contributed by atoms with Gasteiger partial charge in [0.15, 0.2) is 0 Å². The third-order valence-corrected chi connectivity index (χ3v) is 3.78. The molecule has 0 spiro atoms.